The number of thiocarbonyl (C=S) groups is 1. The van der Waals surface area contributed by atoms with E-state index in [1.165, 1.54) is 11.8 Å². The Morgan fingerprint density at radius 1 is 1.03 bits per heavy atom. The lowest BCUT2D eigenvalue weighted by atomic mass is 10.0. The maximum Gasteiger partial charge on any atom is 0.266 e. The number of anilines is 1. The maximum absolute atomic E-state index is 13.7. The van der Waals surface area contributed by atoms with E-state index in [1.807, 2.05) is 68.4 Å². The fraction of sp³-hybridized carbons (Fsp3) is 0.296. The van der Waals surface area contributed by atoms with Crippen molar-refractivity contribution >= 4 is 56.9 Å². The molecular formula is C27H27N3O3S2. The molecule has 3 heterocycles. The molecule has 2 aliphatic rings. The molecule has 0 bridgehead atoms. The normalized spacial score (nSPS) is 22.0. The van der Waals surface area contributed by atoms with Crippen LogP contribution < -0.4 is 10.5 Å². The number of aromatic nitrogens is 1. The number of nitrogens with zero attached hydrogens (tertiary/aromatic N) is 3. The number of pyridine rings is 1. The van der Waals surface area contributed by atoms with Gasteiger partial charge in [0.05, 0.1) is 40.4 Å². The van der Waals surface area contributed by atoms with Crippen LogP contribution in [0.25, 0.3) is 17.0 Å². The number of hydrogen-bond donors (Lipinski definition) is 0. The molecular weight excluding hydrogens is 478 g/mol. The van der Waals surface area contributed by atoms with E-state index in [4.69, 9.17) is 17.0 Å². The van der Waals surface area contributed by atoms with Gasteiger partial charge < -0.3 is 14.2 Å². The number of rotatable bonds is 4. The van der Waals surface area contributed by atoms with Gasteiger partial charge in [-0.1, -0.05) is 72.5 Å². The molecule has 2 aromatic carbocycles. The van der Waals surface area contributed by atoms with Crippen LogP contribution in [0.15, 0.2) is 64.3 Å². The maximum atomic E-state index is 13.7. The number of carbonyl (C=O) groups is 1. The number of hydrogen-bond acceptors (Lipinski definition) is 6. The Morgan fingerprint density at radius 3 is 2.40 bits per heavy atom. The molecule has 2 fully saturated rings. The van der Waals surface area contributed by atoms with Gasteiger partial charge in [-0.2, -0.15) is 0 Å². The van der Waals surface area contributed by atoms with Crippen LogP contribution in [-0.2, 0) is 23.1 Å². The molecule has 3 aromatic rings. The smallest absolute Gasteiger partial charge is 0.266 e. The van der Waals surface area contributed by atoms with Gasteiger partial charge in [0, 0.05) is 25.5 Å². The highest BCUT2D eigenvalue weighted by Crippen LogP contribution is 2.37. The highest BCUT2D eigenvalue weighted by molar-refractivity contribution is 8.26. The number of amides is 1. The number of thioether (sulfide) groups is 1. The van der Waals surface area contributed by atoms with Gasteiger partial charge >= 0.3 is 0 Å². The number of aryl methyl sites for hydroxylation is 1. The topological polar surface area (TPSA) is 54.8 Å². The van der Waals surface area contributed by atoms with Crippen LogP contribution in [0.4, 0.5) is 5.69 Å². The number of benzene rings is 2. The third kappa shape index (κ3) is 4.53. The molecule has 2 unspecified atom stereocenters. The molecule has 2 aliphatic heterocycles. The summed E-state index contributed by atoms with van der Waals surface area (Å²) in [5.74, 6) is -0.172. The van der Waals surface area contributed by atoms with E-state index in [9.17, 15) is 9.59 Å². The first-order chi connectivity index (χ1) is 16.8. The van der Waals surface area contributed by atoms with Crippen LogP contribution >= 0.6 is 24.0 Å². The lowest BCUT2D eigenvalue weighted by molar-refractivity contribution is -0.122. The predicted molar refractivity (Wildman–Crippen MR) is 147 cm³/mol. The molecule has 35 heavy (non-hydrogen) atoms. The van der Waals surface area contributed by atoms with Crippen LogP contribution in [0.2, 0.25) is 0 Å². The summed E-state index contributed by atoms with van der Waals surface area (Å²) in [6, 6.07) is 17.7. The molecule has 6 nitrogen and oxygen atoms in total. The van der Waals surface area contributed by atoms with E-state index >= 15 is 0 Å². The van der Waals surface area contributed by atoms with Crippen LogP contribution in [0, 0.1) is 0 Å². The molecule has 0 radical (unpaired) electrons. The zero-order valence-electron chi connectivity index (χ0n) is 19.9. The summed E-state index contributed by atoms with van der Waals surface area (Å²) >= 11 is 6.80. The van der Waals surface area contributed by atoms with E-state index in [1.54, 1.807) is 22.6 Å². The van der Waals surface area contributed by atoms with Crippen molar-refractivity contribution < 1.29 is 9.53 Å². The van der Waals surface area contributed by atoms with Crippen molar-refractivity contribution in [2.75, 3.05) is 18.0 Å². The van der Waals surface area contributed by atoms with E-state index in [2.05, 4.69) is 4.90 Å². The summed E-state index contributed by atoms with van der Waals surface area (Å²) < 4.78 is 8.11. The molecule has 2 saturated heterocycles. The van der Waals surface area contributed by atoms with Crippen LogP contribution in [0.5, 0.6) is 0 Å². The van der Waals surface area contributed by atoms with Crippen LogP contribution in [0.1, 0.15) is 25.0 Å². The molecule has 0 spiro atoms. The van der Waals surface area contributed by atoms with E-state index in [0.717, 1.165) is 22.2 Å². The summed E-state index contributed by atoms with van der Waals surface area (Å²) in [5.41, 5.74) is 3.07. The Hall–Kier alpha value is -2.94. The third-order valence-electron chi connectivity index (χ3n) is 6.38. The molecule has 1 amide bonds. The Balaban J connectivity index is 1.62. The number of morpholine rings is 1. The van der Waals surface area contributed by atoms with Gasteiger partial charge in [-0.3, -0.25) is 14.5 Å². The molecule has 0 saturated carbocycles. The van der Waals surface area contributed by atoms with Crippen molar-refractivity contribution in [3.63, 3.8) is 0 Å². The number of fused-ring (bicyclic) bond motifs is 1. The first-order valence-electron chi connectivity index (χ1n) is 11.6. The highest BCUT2D eigenvalue weighted by Gasteiger charge is 2.34. The number of carbonyl (C=O) groups excluding carboxylic acids is 1. The third-order valence-corrected chi connectivity index (χ3v) is 7.76. The van der Waals surface area contributed by atoms with Crippen molar-refractivity contribution in [1.82, 2.24) is 9.47 Å². The minimum Gasteiger partial charge on any atom is -0.372 e. The summed E-state index contributed by atoms with van der Waals surface area (Å²) in [6.07, 6.45) is 1.79. The van der Waals surface area contributed by atoms with E-state index in [0.29, 0.717) is 34.4 Å². The largest absolute Gasteiger partial charge is 0.372 e. The first kappa shape index (κ1) is 23.8. The van der Waals surface area contributed by atoms with Gasteiger partial charge in [-0.05, 0) is 31.6 Å². The summed E-state index contributed by atoms with van der Waals surface area (Å²) in [6.45, 7) is 5.82. The second-order valence-corrected chi connectivity index (χ2v) is 10.7. The van der Waals surface area contributed by atoms with Gasteiger partial charge in [0.2, 0.25) is 0 Å². The Morgan fingerprint density at radius 2 is 1.69 bits per heavy atom. The predicted octanol–water partition coefficient (Wildman–Crippen LogP) is 4.55. The van der Waals surface area contributed by atoms with Crippen LogP contribution in [0.3, 0.4) is 0 Å². The number of para-hydroxylation sites is 1. The molecule has 1 aromatic heterocycles. The van der Waals surface area contributed by atoms with Crippen molar-refractivity contribution in [3.05, 3.63) is 81.0 Å². The zero-order chi connectivity index (χ0) is 24.7. The highest BCUT2D eigenvalue weighted by atomic mass is 32.2. The Labute approximate surface area is 214 Å². The van der Waals surface area contributed by atoms with Gasteiger partial charge in [0.25, 0.3) is 11.5 Å². The SMILES string of the molecule is CC1CN(c2c(C=C3SC(=S)N(Cc4ccccc4)C3=O)c(=O)n(C)c3ccccc23)CC(C)O1. The summed E-state index contributed by atoms with van der Waals surface area (Å²) in [7, 11) is 1.77. The van der Waals surface area contributed by atoms with Crippen LogP contribution in [-0.4, -0.2) is 45.0 Å². The summed E-state index contributed by atoms with van der Waals surface area (Å²) in [5, 5.41) is 0.974. The molecule has 0 aliphatic carbocycles. The van der Waals surface area contributed by atoms with Gasteiger partial charge in [0.1, 0.15) is 4.32 Å². The molecule has 2 atom stereocenters. The molecule has 180 valence electrons. The van der Waals surface area contributed by atoms with Gasteiger partial charge in [-0.15, -0.1) is 0 Å². The van der Waals surface area contributed by atoms with E-state index in [-0.39, 0.29) is 23.7 Å². The molecule has 0 N–H and O–H groups in total. The Kier molecular flexibility index (Phi) is 6.53. The van der Waals surface area contributed by atoms with Crippen molar-refractivity contribution in [2.45, 2.75) is 32.6 Å². The fourth-order valence-corrected chi connectivity index (χ4v) is 6.10. The fourth-order valence-electron chi connectivity index (χ4n) is 4.87. The monoisotopic (exact) mass is 505 g/mol. The average molecular weight is 506 g/mol. The standard InChI is InChI=1S/C27H27N3O3S2/c1-17-14-29(15-18(2)33-17)24-20-11-7-8-12-22(20)28(3)25(31)21(24)13-23-26(32)30(27(34)35-23)16-19-9-5-4-6-10-19/h4-13,17-18H,14-16H2,1-3H3. The second kappa shape index (κ2) is 9.60. The average Bonchev–Trinajstić information content (AvgIpc) is 3.10. The minimum atomic E-state index is -0.172. The minimum absolute atomic E-state index is 0.0264. The first-order valence-corrected chi connectivity index (χ1v) is 12.9. The van der Waals surface area contributed by atoms with E-state index < -0.39 is 0 Å². The van der Waals surface area contributed by atoms with Crippen molar-refractivity contribution in [3.8, 4) is 0 Å². The molecule has 8 heteroatoms. The van der Waals surface area contributed by atoms with Crippen molar-refractivity contribution in [1.29, 1.82) is 0 Å². The van der Waals surface area contributed by atoms with Gasteiger partial charge in [0.15, 0.2) is 0 Å². The molecule has 5 rings (SSSR count). The number of ether oxygens (including phenoxy) is 1. The van der Waals surface area contributed by atoms with Crippen molar-refractivity contribution in [2.24, 2.45) is 7.05 Å². The zero-order valence-corrected chi connectivity index (χ0v) is 21.6. The van der Waals surface area contributed by atoms with Gasteiger partial charge in [-0.25, -0.2) is 0 Å². The quantitative estimate of drug-likeness (QED) is 0.383. The summed E-state index contributed by atoms with van der Waals surface area (Å²) in [4.78, 5) is 31.3. The lowest BCUT2D eigenvalue weighted by Crippen LogP contribution is -2.46. The Bertz CT molecular complexity index is 1390. The lowest BCUT2D eigenvalue weighted by Gasteiger charge is -2.38. The second-order valence-electron chi connectivity index (χ2n) is 9.06.